The molecule has 0 radical (unpaired) electrons. The summed E-state index contributed by atoms with van der Waals surface area (Å²) in [5, 5.41) is 9.92. The first-order chi connectivity index (χ1) is 14.0. The number of anilines is 1. The molecule has 2 aromatic heterocycles. The van der Waals surface area contributed by atoms with E-state index in [9.17, 15) is 13.2 Å². The molecule has 158 valence electrons. The minimum atomic E-state index is -4.49. The van der Waals surface area contributed by atoms with E-state index in [4.69, 9.17) is 4.52 Å². The van der Waals surface area contributed by atoms with Gasteiger partial charge in [-0.2, -0.15) is 13.2 Å². The predicted octanol–water partition coefficient (Wildman–Crippen LogP) is 1.29. The summed E-state index contributed by atoms with van der Waals surface area (Å²) in [4.78, 5) is 16.0. The molecule has 0 unspecified atom stereocenters. The molecular weight excluding hydrogens is 389 g/mol. The van der Waals surface area contributed by atoms with Crippen LogP contribution in [0.2, 0.25) is 0 Å². The van der Waals surface area contributed by atoms with Gasteiger partial charge < -0.3 is 20.1 Å². The topological polar surface area (TPSA) is 94.7 Å². The SMILES string of the molecule is CN=C(NCCNc1nccc(C(F)(F)F)n1)N1CCN(Cc2ccon2)CC1. The maximum Gasteiger partial charge on any atom is 0.433 e. The summed E-state index contributed by atoms with van der Waals surface area (Å²) >= 11 is 0. The van der Waals surface area contributed by atoms with E-state index in [1.807, 2.05) is 6.07 Å². The van der Waals surface area contributed by atoms with Gasteiger partial charge in [-0.15, -0.1) is 0 Å². The first kappa shape index (κ1) is 20.8. The highest BCUT2D eigenvalue weighted by molar-refractivity contribution is 5.80. The van der Waals surface area contributed by atoms with E-state index in [1.54, 1.807) is 13.3 Å². The van der Waals surface area contributed by atoms with Crippen LogP contribution in [-0.2, 0) is 12.7 Å². The Morgan fingerprint density at radius 1 is 1.21 bits per heavy atom. The molecule has 0 aromatic carbocycles. The number of aliphatic imine (C=N–C) groups is 1. The number of aromatic nitrogens is 3. The second kappa shape index (κ2) is 9.54. The van der Waals surface area contributed by atoms with Gasteiger partial charge >= 0.3 is 6.18 Å². The summed E-state index contributed by atoms with van der Waals surface area (Å²) in [6.07, 6.45) is -1.84. The van der Waals surface area contributed by atoms with Crippen molar-refractivity contribution in [3.05, 3.63) is 36.0 Å². The number of nitrogens with one attached hydrogen (secondary N) is 2. The predicted molar refractivity (Wildman–Crippen MR) is 100 cm³/mol. The van der Waals surface area contributed by atoms with E-state index in [0.717, 1.165) is 56.6 Å². The van der Waals surface area contributed by atoms with Crippen LogP contribution in [0.1, 0.15) is 11.4 Å². The summed E-state index contributed by atoms with van der Waals surface area (Å²) in [5.74, 6) is 0.691. The van der Waals surface area contributed by atoms with Crippen LogP contribution >= 0.6 is 0 Å². The lowest BCUT2D eigenvalue weighted by Gasteiger charge is -2.36. The van der Waals surface area contributed by atoms with E-state index in [1.165, 1.54) is 0 Å². The maximum atomic E-state index is 12.7. The van der Waals surface area contributed by atoms with E-state index in [0.29, 0.717) is 13.1 Å². The number of rotatable bonds is 6. The summed E-state index contributed by atoms with van der Waals surface area (Å²) in [6, 6.07) is 2.70. The van der Waals surface area contributed by atoms with Crippen LogP contribution in [0, 0.1) is 0 Å². The Labute approximate surface area is 166 Å². The Balaban J connectivity index is 1.40. The second-order valence-electron chi connectivity index (χ2n) is 6.42. The summed E-state index contributed by atoms with van der Waals surface area (Å²) < 4.78 is 42.9. The van der Waals surface area contributed by atoms with Crippen LogP contribution in [0.3, 0.4) is 0 Å². The van der Waals surface area contributed by atoms with Gasteiger partial charge in [0.1, 0.15) is 12.0 Å². The molecule has 0 amide bonds. The lowest BCUT2D eigenvalue weighted by Crippen LogP contribution is -2.52. The van der Waals surface area contributed by atoms with Crippen molar-refractivity contribution < 1.29 is 17.7 Å². The Bertz CT molecular complexity index is 788. The number of guanidine groups is 1. The average Bonchev–Trinajstić information content (AvgIpc) is 3.22. The smallest absolute Gasteiger partial charge is 0.364 e. The molecule has 0 atom stereocenters. The minimum absolute atomic E-state index is 0.0573. The number of nitrogens with zero attached hydrogens (tertiary/aromatic N) is 6. The highest BCUT2D eigenvalue weighted by Gasteiger charge is 2.32. The fourth-order valence-electron chi connectivity index (χ4n) is 2.95. The zero-order valence-corrected chi connectivity index (χ0v) is 16.0. The van der Waals surface area contributed by atoms with Crippen LogP contribution in [0.15, 0.2) is 34.1 Å². The molecule has 2 aromatic rings. The monoisotopic (exact) mass is 412 g/mol. The lowest BCUT2D eigenvalue weighted by atomic mass is 10.3. The van der Waals surface area contributed by atoms with Crippen molar-refractivity contribution >= 4 is 11.9 Å². The van der Waals surface area contributed by atoms with Crippen molar-refractivity contribution in [2.45, 2.75) is 12.7 Å². The molecular formula is C17H23F3N8O. The molecule has 2 N–H and O–H groups in total. The first-order valence-electron chi connectivity index (χ1n) is 9.17. The van der Waals surface area contributed by atoms with Gasteiger partial charge in [0.2, 0.25) is 5.95 Å². The van der Waals surface area contributed by atoms with Crippen molar-refractivity contribution in [2.75, 3.05) is 51.6 Å². The van der Waals surface area contributed by atoms with Gasteiger partial charge in [-0.3, -0.25) is 9.89 Å². The van der Waals surface area contributed by atoms with E-state index in [-0.39, 0.29) is 5.95 Å². The molecule has 3 rings (SSSR count). The number of hydrogen-bond donors (Lipinski definition) is 2. The van der Waals surface area contributed by atoms with Gasteiger partial charge in [0.05, 0.1) is 5.69 Å². The van der Waals surface area contributed by atoms with Gasteiger partial charge in [0.25, 0.3) is 0 Å². The largest absolute Gasteiger partial charge is 0.433 e. The highest BCUT2D eigenvalue weighted by Crippen LogP contribution is 2.27. The zero-order chi connectivity index (χ0) is 20.7. The molecule has 9 nitrogen and oxygen atoms in total. The molecule has 0 saturated carbocycles. The molecule has 1 aliphatic heterocycles. The Morgan fingerprint density at radius 3 is 2.66 bits per heavy atom. The number of hydrogen-bond acceptors (Lipinski definition) is 7. The van der Waals surface area contributed by atoms with Gasteiger partial charge in [-0.05, 0) is 6.07 Å². The van der Waals surface area contributed by atoms with Crippen LogP contribution in [0.25, 0.3) is 0 Å². The molecule has 1 aliphatic rings. The van der Waals surface area contributed by atoms with Crippen molar-refractivity contribution in [1.29, 1.82) is 0 Å². The van der Waals surface area contributed by atoms with Crippen molar-refractivity contribution in [3.63, 3.8) is 0 Å². The Kier molecular flexibility index (Phi) is 6.86. The van der Waals surface area contributed by atoms with Crippen LogP contribution < -0.4 is 10.6 Å². The quantitative estimate of drug-likeness (QED) is 0.416. The third kappa shape index (κ3) is 6.04. The van der Waals surface area contributed by atoms with Crippen molar-refractivity contribution in [1.82, 2.24) is 30.2 Å². The fraction of sp³-hybridized carbons (Fsp3) is 0.529. The number of halogens is 3. The maximum absolute atomic E-state index is 12.7. The standard InChI is InChI=1S/C17H23F3N8O/c1-21-16(28-9-7-27(8-10-28)12-13-3-11-29-26-13)24-6-5-23-15-22-4-2-14(25-15)17(18,19)20/h2-4,11H,5-10,12H2,1H3,(H,21,24)(H,22,23,25). The minimum Gasteiger partial charge on any atom is -0.364 e. The van der Waals surface area contributed by atoms with Gasteiger partial charge in [0, 0.05) is 65.1 Å². The Morgan fingerprint density at radius 2 is 2.00 bits per heavy atom. The summed E-state index contributed by atoms with van der Waals surface area (Å²) in [5.41, 5.74) is -0.0638. The first-order valence-corrected chi connectivity index (χ1v) is 9.17. The summed E-state index contributed by atoms with van der Waals surface area (Å²) in [6.45, 7) is 4.91. The molecule has 12 heteroatoms. The van der Waals surface area contributed by atoms with Crippen LogP contribution in [0.5, 0.6) is 0 Å². The van der Waals surface area contributed by atoms with E-state index < -0.39 is 11.9 Å². The van der Waals surface area contributed by atoms with E-state index in [2.05, 4.69) is 40.6 Å². The molecule has 0 spiro atoms. The fourth-order valence-corrected chi connectivity index (χ4v) is 2.95. The van der Waals surface area contributed by atoms with Crippen LogP contribution in [0.4, 0.5) is 19.1 Å². The summed E-state index contributed by atoms with van der Waals surface area (Å²) in [7, 11) is 1.70. The normalized spacial score (nSPS) is 16.1. The molecule has 3 heterocycles. The second-order valence-corrected chi connectivity index (χ2v) is 6.42. The molecule has 29 heavy (non-hydrogen) atoms. The molecule has 0 bridgehead atoms. The zero-order valence-electron chi connectivity index (χ0n) is 16.0. The van der Waals surface area contributed by atoms with E-state index >= 15 is 0 Å². The Hall–Kier alpha value is -2.89. The molecule has 1 saturated heterocycles. The average molecular weight is 412 g/mol. The lowest BCUT2D eigenvalue weighted by molar-refractivity contribution is -0.141. The van der Waals surface area contributed by atoms with Crippen molar-refractivity contribution in [2.24, 2.45) is 4.99 Å². The van der Waals surface area contributed by atoms with Crippen molar-refractivity contribution in [3.8, 4) is 0 Å². The third-order valence-corrected chi connectivity index (χ3v) is 4.40. The third-order valence-electron chi connectivity index (χ3n) is 4.40. The molecule has 0 aliphatic carbocycles. The highest BCUT2D eigenvalue weighted by atomic mass is 19.4. The van der Waals surface area contributed by atoms with Gasteiger partial charge in [-0.1, -0.05) is 5.16 Å². The van der Waals surface area contributed by atoms with Gasteiger partial charge in [-0.25, -0.2) is 9.97 Å². The number of piperazine rings is 1. The molecule has 1 fully saturated rings. The van der Waals surface area contributed by atoms with Crippen LogP contribution in [-0.4, -0.2) is 77.2 Å². The van der Waals surface area contributed by atoms with Gasteiger partial charge in [0.15, 0.2) is 5.96 Å². The number of alkyl halides is 3.